The first-order chi connectivity index (χ1) is 9.22. The van der Waals surface area contributed by atoms with Gasteiger partial charge in [0.2, 0.25) is 5.91 Å². The van der Waals surface area contributed by atoms with Gasteiger partial charge in [0.25, 0.3) is 0 Å². The van der Waals surface area contributed by atoms with Crippen LogP contribution in [0.2, 0.25) is 0 Å². The lowest BCUT2D eigenvalue weighted by Gasteiger charge is -2.37. The maximum absolute atomic E-state index is 11.0. The highest BCUT2D eigenvalue weighted by Gasteiger charge is 2.18. The summed E-state index contributed by atoms with van der Waals surface area (Å²) < 4.78 is 0. The third-order valence-electron chi connectivity index (χ3n) is 3.58. The first-order valence-electron chi connectivity index (χ1n) is 6.77. The molecular formula is C14H22N4O. The van der Waals surface area contributed by atoms with Gasteiger partial charge in [0.15, 0.2) is 0 Å². The minimum Gasteiger partial charge on any atom is -0.371 e. The third-order valence-corrected chi connectivity index (χ3v) is 3.58. The number of hydrogen-bond donors (Lipinski definition) is 2. The smallest absolute Gasteiger partial charge is 0.233 e. The van der Waals surface area contributed by atoms with Crippen molar-refractivity contribution in [2.75, 3.05) is 36.5 Å². The minimum absolute atomic E-state index is 0.0845. The Hall–Kier alpha value is -1.75. The average molecular weight is 262 g/mol. The molecule has 0 spiro atoms. The summed E-state index contributed by atoms with van der Waals surface area (Å²) in [7, 11) is 2.13. The fourth-order valence-electron chi connectivity index (χ4n) is 2.46. The molecule has 1 heterocycles. The summed E-state index contributed by atoms with van der Waals surface area (Å²) in [5.41, 5.74) is 4.74. The maximum atomic E-state index is 11.0. The van der Waals surface area contributed by atoms with Gasteiger partial charge in [-0.1, -0.05) is 12.1 Å². The van der Waals surface area contributed by atoms with E-state index >= 15 is 0 Å². The molecule has 1 aromatic carbocycles. The van der Waals surface area contributed by atoms with Crippen molar-refractivity contribution in [3.8, 4) is 0 Å². The molecule has 104 valence electrons. The van der Waals surface area contributed by atoms with Crippen LogP contribution in [0, 0.1) is 0 Å². The van der Waals surface area contributed by atoms with Gasteiger partial charge < -0.3 is 9.80 Å². The summed E-state index contributed by atoms with van der Waals surface area (Å²) in [5.74, 6) is 4.98. The summed E-state index contributed by atoms with van der Waals surface area (Å²) in [6.07, 6.45) is 2.38. The zero-order chi connectivity index (χ0) is 13.7. The number of nitrogens with two attached hydrogens (primary N) is 1. The van der Waals surface area contributed by atoms with E-state index in [9.17, 15) is 4.79 Å². The molecule has 0 aromatic heterocycles. The van der Waals surface area contributed by atoms with Crippen LogP contribution in [0.25, 0.3) is 0 Å². The summed E-state index contributed by atoms with van der Waals surface area (Å²) in [4.78, 5) is 15.7. The van der Waals surface area contributed by atoms with Gasteiger partial charge in [0.05, 0.1) is 11.4 Å². The predicted octanol–water partition coefficient (Wildman–Crippen LogP) is 1.10. The number of hydrogen-bond acceptors (Lipinski definition) is 4. The Labute approximate surface area is 114 Å². The first kappa shape index (κ1) is 13.7. The molecule has 0 saturated carbocycles. The van der Waals surface area contributed by atoms with Crippen LogP contribution in [-0.2, 0) is 4.79 Å². The Balaban J connectivity index is 1.88. The molecule has 0 radical (unpaired) electrons. The molecule has 0 saturated heterocycles. The van der Waals surface area contributed by atoms with Gasteiger partial charge in [-0.15, -0.1) is 0 Å². The molecule has 5 nitrogen and oxygen atoms in total. The van der Waals surface area contributed by atoms with Crippen LogP contribution in [0.15, 0.2) is 24.3 Å². The number of anilines is 2. The summed E-state index contributed by atoms with van der Waals surface area (Å²) in [6.45, 7) is 3.07. The van der Waals surface area contributed by atoms with Crippen molar-refractivity contribution in [2.45, 2.75) is 19.3 Å². The van der Waals surface area contributed by atoms with E-state index in [4.69, 9.17) is 5.84 Å². The molecule has 1 aromatic rings. The number of hydrazine groups is 1. The second-order valence-corrected chi connectivity index (χ2v) is 4.92. The number of rotatable bonds is 5. The van der Waals surface area contributed by atoms with E-state index in [1.54, 1.807) is 0 Å². The van der Waals surface area contributed by atoms with Crippen molar-refractivity contribution < 1.29 is 4.79 Å². The molecule has 1 amide bonds. The van der Waals surface area contributed by atoms with E-state index in [1.165, 1.54) is 11.4 Å². The van der Waals surface area contributed by atoms with Crippen molar-refractivity contribution in [1.29, 1.82) is 0 Å². The van der Waals surface area contributed by atoms with E-state index in [0.29, 0.717) is 6.42 Å². The van der Waals surface area contributed by atoms with E-state index in [0.717, 1.165) is 32.5 Å². The standard InChI is InChI=1S/C14H22N4O/c1-17-10-11-18(9-5-4-8-14(19)16-15)13-7-3-2-6-12(13)17/h2-3,6-7H,4-5,8-11,15H2,1H3,(H,16,19). The Morgan fingerprint density at radius 1 is 1.26 bits per heavy atom. The molecule has 0 atom stereocenters. The van der Waals surface area contributed by atoms with Gasteiger partial charge in [-0.2, -0.15) is 0 Å². The van der Waals surface area contributed by atoms with Crippen molar-refractivity contribution in [2.24, 2.45) is 5.84 Å². The molecular weight excluding hydrogens is 240 g/mol. The number of para-hydroxylation sites is 2. The molecule has 0 aliphatic carbocycles. The van der Waals surface area contributed by atoms with Gasteiger partial charge in [0, 0.05) is 33.1 Å². The van der Waals surface area contributed by atoms with Gasteiger partial charge >= 0.3 is 0 Å². The van der Waals surface area contributed by atoms with Crippen LogP contribution >= 0.6 is 0 Å². The maximum Gasteiger partial charge on any atom is 0.233 e. The Morgan fingerprint density at radius 2 is 2.00 bits per heavy atom. The predicted molar refractivity (Wildman–Crippen MR) is 78.1 cm³/mol. The lowest BCUT2D eigenvalue weighted by atomic mass is 10.1. The van der Waals surface area contributed by atoms with Gasteiger partial charge in [-0.05, 0) is 25.0 Å². The summed E-state index contributed by atoms with van der Waals surface area (Å²) >= 11 is 0. The van der Waals surface area contributed by atoms with E-state index in [1.807, 2.05) is 0 Å². The number of carbonyl (C=O) groups excluding carboxylic acids is 1. The largest absolute Gasteiger partial charge is 0.371 e. The van der Waals surface area contributed by atoms with Gasteiger partial charge in [0.1, 0.15) is 0 Å². The molecule has 2 rings (SSSR count). The van der Waals surface area contributed by atoms with Crippen LogP contribution < -0.4 is 21.1 Å². The Kier molecular flexibility index (Phi) is 4.63. The lowest BCUT2D eigenvalue weighted by Crippen LogP contribution is -2.39. The Morgan fingerprint density at radius 3 is 2.74 bits per heavy atom. The van der Waals surface area contributed by atoms with Gasteiger partial charge in [-0.25, -0.2) is 5.84 Å². The number of benzene rings is 1. The fourth-order valence-corrected chi connectivity index (χ4v) is 2.46. The second kappa shape index (κ2) is 6.43. The summed E-state index contributed by atoms with van der Waals surface area (Å²) in [6, 6.07) is 8.47. The van der Waals surface area contributed by atoms with Crippen LogP contribution in [0.5, 0.6) is 0 Å². The highest BCUT2D eigenvalue weighted by atomic mass is 16.2. The first-order valence-corrected chi connectivity index (χ1v) is 6.77. The molecule has 0 unspecified atom stereocenters. The zero-order valence-electron chi connectivity index (χ0n) is 11.4. The highest BCUT2D eigenvalue weighted by molar-refractivity contribution is 5.75. The van der Waals surface area contributed by atoms with E-state index < -0.39 is 0 Å². The molecule has 3 N–H and O–H groups in total. The number of nitrogens with one attached hydrogen (secondary N) is 1. The van der Waals surface area contributed by atoms with Crippen molar-refractivity contribution in [1.82, 2.24) is 5.43 Å². The van der Waals surface area contributed by atoms with E-state index in [2.05, 4.69) is 46.5 Å². The molecule has 0 bridgehead atoms. The number of amides is 1. The molecule has 19 heavy (non-hydrogen) atoms. The molecule has 1 aliphatic heterocycles. The van der Waals surface area contributed by atoms with Crippen LogP contribution in [0.3, 0.4) is 0 Å². The lowest BCUT2D eigenvalue weighted by molar-refractivity contribution is -0.121. The normalized spacial score (nSPS) is 14.2. The topological polar surface area (TPSA) is 61.6 Å². The second-order valence-electron chi connectivity index (χ2n) is 4.92. The van der Waals surface area contributed by atoms with Gasteiger partial charge in [-0.3, -0.25) is 10.2 Å². The number of nitrogens with zero attached hydrogens (tertiary/aromatic N) is 2. The minimum atomic E-state index is -0.0845. The zero-order valence-corrected chi connectivity index (χ0v) is 11.4. The number of carbonyl (C=O) groups is 1. The fraction of sp³-hybridized carbons (Fsp3) is 0.500. The molecule has 5 heteroatoms. The number of unbranched alkanes of at least 4 members (excludes halogenated alkanes) is 1. The number of likely N-dealkylation sites (N-methyl/N-ethyl adjacent to an activating group) is 1. The molecule has 1 aliphatic rings. The quantitative estimate of drug-likeness (QED) is 0.361. The van der Waals surface area contributed by atoms with Crippen LogP contribution in [-0.4, -0.2) is 32.6 Å². The molecule has 0 fully saturated rings. The average Bonchev–Trinajstić information content (AvgIpc) is 2.45. The third kappa shape index (κ3) is 3.38. The Bertz CT molecular complexity index is 435. The highest BCUT2D eigenvalue weighted by Crippen LogP contribution is 2.31. The number of fused-ring (bicyclic) bond motifs is 1. The van der Waals surface area contributed by atoms with Crippen LogP contribution in [0.4, 0.5) is 11.4 Å². The SMILES string of the molecule is CN1CCN(CCCCC(=O)NN)c2ccccc21. The van der Waals surface area contributed by atoms with Crippen LogP contribution in [0.1, 0.15) is 19.3 Å². The summed E-state index contributed by atoms with van der Waals surface area (Å²) in [5, 5.41) is 0. The van der Waals surface area contributed by atoms with E-state index in [-0.39, 0.29) is 5.91 Å². The monoisotopic (exact) mass is 262 g/mol. The van der Waals surface area contributed by atoms with Crippen molar-refractivity contribution >= 4 is 17.3 Å². The van der Waals surface area contributed by atoms with Crippen molar-refractivity contribution in [3.63, 3.8) is 0 Å². The van der Waals surface area contributed by atoms with Crippen molar-refractivity contribution in [3.05, 3.63) is 24.3 Å².